The van der Waals surface area contributed by atoms with Crippen molar-refractivity contribution in [1.29, 1.82) is 0 Å². The van der Waals surface area contributed by atoms with E-state index in [-0.39, 0.29) is 18.8 Å². The molecule has 1 atom stereocenters. The molecule has 0 spiro atoms. The van der Waals surface area contributed by atoms with E-state index in [4.69, 9.17) is 0 Å². The zero-order valence-corrected chi connectivity index (χ0v) is 14.4. The minimum atomic E-state index is -4.49. The lowest BCUT2D eigenvalue weighted by Crippen LogP contribution is -2.58. The molecular formula is C14H21F3N6O3. The number of aromatic nitrogens is 2. The molecule has 1 amide bonds. The number of carbonyl (C=O) groups is 1. The van der Waals surface area contributed by atoms with Gasteiger partial charge in [-0.05, 0) is 13.8 Å². The topological polar surface area (TPSA) is 105 Å². The largest absolute Gasteiger partial charge is 0.405 e. The summed E-state index contributed by atoms with van der Waals surface area (Å²) in [5.74, 6) is -0.708. The summed E-state index contributed by atoms with van der Waals surface area (Å²) in [6, 6.07) is -1.80. The third kappa shape index (κ3) is 4.49. The molecule has 1 saturated heterocycles. The van der Waals surface area contributed by atoms with Gasteiger partial charge in [-0.25, -0.2) is 0 Å². The van der Waals surface area contributed by atoms with Crippen molar-refractivity contribution in [2.45, 2.75) is 31.6 Å². The SMILES string of the molecule is CC(C)(C(=O)NCC(N1CCNCC1)C(F)(F)F)n1cc([N+](=O)[O-])cn1. The molecule has 1 aromatic heterocycles. The Balaban J connectivity index is 2.06. The Morgan fingerprint density at radius 3 is 2.54 bits per heavy atom. The third-order valence-corrected chi connectivity index (χ3v) is 4.33. The first-order valence-corrected chi connectivity index (χ1v) is 8.03. The van der Waals surface area contributed by atoms with Crippen LogP contribution in [0.25, 0.3) is 0 Å². The maximum Gasteiger partial charge on any atom is 0.405 e. The highest BCUT2D eigenvalue weighted by Gasteiger charge is 2.44. The first-order valence-electron chi connectivity index (χ1n) is 8.03. The normalized spacial score (nSPS) is 17.7. The Morgan fingerprint density at radius 2 is 2.04 bits per heavy atom. The second-order valence-electron chi connectivity index (χ2n) is 6.51. The molecule has 2 rings (SSSR count). The van der Waals surface area contributed by atoms with Crippen LogP contribution in [0.2, 0.25) is 0 Å². The number of nitrogens with one attached hydrogen (secondary N) is 2. The predicted octanol–water partition coefficient (Wildman–Crippen LogP) is 0.479. The summed E-state index contributed by atoms with van der Waals surface area (Å²) in [7, 11) is 0. The predicted molar refractivity (Wildman–Crippen MR) is 85.5 cm³/mol. The summed E-state index contributed by atoms with van der Waals surface area (Å²) in [6.45, 7) is 3.60. The molecule has 2 heterocycles. The van der Waals surface area contributed by atoms with Gasteiger partial charge in [-0.1, -0.05) is 0 Å². The van der Waals surface area contributed by atoms with E-state index in [1.165, 1.54) is 18.7 Å². The van der Waals surface area contributed by atoms with E-state index in [9.17, 15) is 28.1 Å². The van der Waals surface area contributed by atoms with Crippen LogP contribution in [-0.2, 0) is 10.3 Å². The van der Waals surface area contributed by atoms with Crippen molar-refractivity contribution < 1.29 is 22.9 Å². The number of piperazine rings is 1. The van der Waals surface area contributed by atoms with Crippen LogP contribution >= 0.6 is 0 Å². The number of nitro groups is 1. The summed E-state index contributed by atoms with van der Waals surface area (Å²) < 4.78 is 41.1. The second kappa shape index (κ2) is 7.58. The Kier molecular flexibility index (Phi) is 5.86. The Hall–Kier alpha value is -2.21. The fourth-order valence-electron chi connectivity index (χ4n) is 2.67. The van der Waals surface area contributed by atoms with Crippen LogP contribution in [0, 0.1) is 10.1 Å². The molecule has 2 N–H and O–H groups in total. The van der Waals surface area contributed by atoms with Gasteiger partial charge < -0.3 is 10.6 Å². The van der Waals surface area contributed by atoms with Crippen LogP contribution in [0.5, 0.6) is 0 Å². The van der Waals surface area contributed by atoms with Crippen LogP contribution in [-0.4, -0.2) is 70.5 Å². The van der Waals surface area contributed by atoms with E-state index in [2.05, 4.69) is 15.7 Å². The van der Waals surface area contributed by atoms with Crippen LogP contribution < -0.4 is 10.6 Å². The molecule has 1 aliphatic rings. The molecule has 0 aromatic carbocycles. The number of nitrogens with zero attached hydrogens (tertiary/aromatic N) is 4. The van der Waals surface area contributed by atoms with Crippen LogP contribution in [0.15, 0.2) is 12.4 Å². The van der Waals surface area contributed by atoms with Crippen LogP contribution in [0.4, 0.5) is 18.9 Å². The van der Waals surface area contributed by atoms with Gasteiger partial charge in [0, 0.05) is 32.7 Å². The fourth-order valence-corrected chi connectivity index (χ4v) is 2.67. The molecule has 0 saturated carbocycles. The summed E-state index contributed by atoms with van der Waals surface area (Å²) in [5, 5.41) is 19.8. The van der Waals surface area contributed by atoms with E-state index in [1.54, 1.807) is 0 Å². The maximum atomic E-state index is 13.4. The Bertz CT molecular complexity index is 655. The Labute approximate surface area is 147 Å². The number of hydrogen-bond donors (Lipinski definition) is 2. The van der Waals surface area contributed by atoms with E-state index in [0.717, 1.165) is 17.1 Å². The van der Waals surface area contributed by atoms with Crippen molar-refractivity contribution in [3.8, 4) is 0 Å². The number of amides is 1. The van der Waals surface area contributed by atoms with Gasteiger partial charge in [-0.2, -0.15) is 18.3 Å². The second-order valence-corrected chi connectivity index (χ2v) is 6.51. The molecule has 146 valence electrons. The lowest BCUT2D eigenvalue weighted by Gasteiger charge is -2.36. The van der Waals surface area contributed by atoms with Crippen molar-refractivity contribution in [2.24, 2.45) is 0 Å². The lowest BCUT2D eigenvalue weighted by molar-refractivity contribution is -0.385. The van der Waals surface area contributed by atoms with Crippen molar-refractivity contribution >= 4 is 11.6 Å². The molecule has 12 heteroatoms. The molecule has 1 aromatic rings. The van der Waals surface area contributed by atoms with Crippen molar-refractivity contribution in [3.05, 3.63) is 22.5 Å². The van der Waals surface area contributed by atoms with E-state index < -0.39 is 35.1 Å². The van der Waals surface area contributed by atoms with E-state index in [1.807, 2.05) is 0 Å². The lowest BCUT2D eigenvalue weighted by atomic mass is 10.0. The summed E-state index contributed by atoms with van der Waals surface area (Å²) >= 11 is 0. The van der Waals surface area contributed by atoms with Crippen molar-refractivity contribution in [2.75, 3.05) is 32.7 Å². The monoisotopic (exact) mass is 378 g/mol. The maximum absolute atomic E-state index is 13.4. The molecular weight excluding hydrogens is 357 g/mol. The first-order chi connectivity index (χ1) is 12.0. The number of carbonyl (C=O) groups excluding carboxylic acids is 1. The fraction of sp³-hybridized carbons (Fsp3) is 0.714. The average Bonchev–Trinajstić information content (AvgIpc) is 3.05. The first kappa shape index (κ1) is 20.1. The van der Waals surface area contributed by atoms with Gasteiger partial charge in [-0.15, -0.1) is 0 Å². The van der Waals surface area contributed by atoms with Gasteiger partial charge in [0.1, 0.15) is 24.0 Å². The van der Waals surface area contributed by atoms with Crippen molar-refractivity contribution in [3.63, 3.8) is 0 Å². The van der Waals surface area contributed by atoms with Crippen LogP contribution in [0.3, 0.4) is 0 Å². The van der Waals surface area contributed by atoms with Gasteiger partial charge in [0.05, 0.1) is 4.92 Å². The van der Waals surface area contributed by atoms with Gasteiger partial charge in [0.25, 0.3) is 0 Å². The zero-order valence-electron chi connectivity index (χ0n) is 14.4. The minimum Gasteiger partial charge on any atom is -0.352 e. The highest BCUT2D eigenvalue weighted by atomic mass is 19.4. The average molecular weight is 378 g/mol. The van der Waals surface area contributed by atoms with Crippen LogP contribution in [0.1, 0.15) is 13.8 Å². The molecule has 0 radical (unpaired) electrons. The molecule has 1 aliphatic heterocycles. The summed E-state index contributed by atoms with van der Waals surface area (Å²) in [5.41, 5.74) is -1.69. The molecule has 1 unspecified atom stereocenters. The standard InChI is InChI=1S/C14H21F3N6O3/c1-13(2,22-9-10(7-20-22)23(25)26)12(24)19-8-11(14(15,16)17)21-5-3-18-4-6-21/h7,9,11,18H,3-6,8H2,1-2H3,(H,19,24). The van der Waals surface area contributed by atoms with Gasteiger partial charge >= 0.3 is 11.9 Å². The zero-order chi connectivity index (χ0) is 19.5. The summed E-state index contributed by atoms with van der Waals surface area (Å²) in [6.07, 6.45) is -2.44. The number of hydrogen-bond acceptors (Lipinski definition) is 6. The smallest absolute Gasteiger partial charge is 0.352 e. The minimum absolute atomic E-state index is 0.231. The van der Waals surface area contributed by atoms with E-state index in [0.29, 0.717) is 13.1 Å². The third-order valence-electron chi connectivity index (χ3n) is 4.33. The van der Waals surface area contributed by atoms with Gasteiger partial charge in [0.2, 0.25) is 5.91 Å². The molecule has 0 aliphatic carbocycles. The Morgan fingerprint density at radius 1 is 1.42 bits per heavy atom. The summed E-state index contributed by atoms with van der Waals surface area (Å²) in [4.78, 5) is 23.8. The van der Waals surface area contributed by atoms with Gasteiger partial charge in [0.15, 0.2) is 0 Å². The number of alkyl halides is 3. The molecule has 0 bridgehead atoms. The number of rotatable bonds is 6. The highest BCUT2D eigenvalue weighted by molar-refractivity contribution is 5.83. The number of halogens is 3. The van der Waals surface area contributed by atoms with E-state index >= 15 is 0 Å². The van der Waals surface area contributed by atoms with Crippen molar-refractivity contribution in [1.82, 2.24) is 25.3 Å². The highest BCUT2D eigenvalue weighted by Crippen LogP contribution is 2.25. The van der Waals surface area contributed by atoms with Gasteiger partial charge in [-0.3, -0.25) is 24.5 Å². The molecule has 26 heavy (non-hydrogen) atoms. The molecule has 9 nitrogen and oxygen atoms in total. The molecule has 1 fully saturated rings. The quantitative estimate of drug-likeness (QED) is 0.551.